The summed E-state index contributed by atoms with van der Waals surface area (Å²) in [7, 11) is 0. The number of alkyl halides is 4. The zero-order valence-electron chi connectivity index (χ0n) is 16.5. The van der Waals surface area contributed by atoms with Gasteiger partial charge in [0.15, 0.2) is 11.6 Å². The van der Waals surface area contributed by atoms with Crippen molar-refractivity contribution in [3.8, 4) is 11.5 Å². The summed E-state index contributed by atoms with van der Waals surface area (Å²) in [6, 6.07) is 1.95. The van der Waals surface area contributed by atoms with Gasteiger partial charge in [0.2, 0.25) is 0 Å². The van der Waals surface area contributed by atoms with Gasteiger partial charge in [0.05, 0.1) is 18.6 Å². The van der Waals surface area contributed by atoms with Crippen LogP contribution < -0.4 is 9.47 Å². The minimum Gasteiger partial charge on any atom is -0.491 e. The quantitative estimate of drug-likeness (QED) is 0.373. The lowest BCUT2D eigenvalue weighted by Crippen LogP contribution is -2.27. The molecule has 2 nitrogen and oxygen atoms in total. The molecular weight excluding hydrogens is 379 g/mol. The lowest BCUT2D eigenvalue weighted by Gasteiger charge is -2.29. The van der Waals surface area contributed by atoms with Gasteiger partial charge in [0.25, 0.3) is 6.43 Å². The summed E-state index contributed by atoms with van der Waals surface area (Å²) in [6.45, 7) is 3.77. The van der Waals surface area contributed by atoms with Crippen LogP contribution in [0.2, 0.25) is 0 Å². The van der Waals surface area contributed by atoms with E-state index in [2.05, 4.69) is 11.7 Å². The fourth-order valence-electron chi connectivity index (χ4n) is 3.92. The molecule has 1 aromatic rings. The van der Waals surface area contributed by atoms with Gasteiger partial charge in [-0.3, -0.25) is 0 Å². The average Bonchev–Trinajstić information content (AvgIpc) is 2.63. The highest BCUT2D eigenvalue weighted by Gasteiger charge is 2.36. The van der Waals surface area contributed by atoms with Crippen molar-refractivity contribution in [2.24, 2.45) is 11.8 Å². The van der Waals surface area contributed by atoms with Gasteiger partial charge in [0, 0.05) is 0 Å². The van der Waals surface area contributed by atoms with Crippen LogP contribution in [0, 0.1) is 17.7 Å². The highest BCUT2D eigenvalue weighted by Crippen LogP contribution is 2.40. The lowest BCUT2D eigenvalue weighted by atomic mass is 9.78. The van der Waals surface area contributed by atoms with Gasteiger partial charge in [-0.2, -0.15) is 8.78 Å². The molecule has 2 rings (SSSR count). The van der Waals surface area contributed by atoms with Crippen LogP contribution in [0.5, 0.6) is 11.5 Å². The van der Waals surface area contributed by atoms with Crippen molar-refractivity contribution in [2.45, 2.75) is 77.7 Å². The largest absolute Gasteiger partial charge is 0.491 e. The highest BCUT2D eigenvalue weighted by molar-refractivity contribution is 5.43. The molecule has 1 aromatic carbocycles. The van der Waals surface area contributed by atoms with Gasteiger partial charge in [-0.25, -0.2) is 13.2 Å². The fourth-order valence-corrected chi connectivity index (χ4v) is 3.92. The standard InChI is InChI=1S/C21H29F5O2/c1-3-5-14-6-8-15(9-7-14)12-13-21(25,26)28-16-10-11-17(27-4-2)19(22)18(16)20(23)24/h10-11,14-15,20H,3-9,12-13H2,1-2H3. The molecule has 1 fully saturated rings. The van der Waals surface area contributed by atoms with Crippen molar-refractivity contribution in [2.75, 3.05) is 6.61 Å². The van der Waals surface area contributed by atoms with E-state index in [1.54, 1.807) is 6.92 Å². The predicted molar refractivity (Wildman–Crippen MR) is 97.7 cm³/mol. The molecule has 0 heterocycles. The molecule has 0 radical (unpaired) electrons. The van der Waals surface area contributed by atoms with Crippen LogP contribution in [0.25, 0.3) is 0 Å². The van der Waals surface area contributed by atoms with E-state index in [1.165, 1.54) is 6.42 Å². The third-order valence-corrected chi connectivity index (χ3v) is 5.39. The summed E-state index contributed by atoms with van der Waals surface area (Å²) in [5.74, 6) is -1.74. The van der Waals surface area contributed by atoms with E-state index in [0.29, 0.717) is 5.92 Å². The van der Waals surface area contributed by atoms with E-state index in [-0.39, 0.29) is 18.9 Å². The third kappa shape index (κ3) is 6.24. The summed E-state index contributed by atoms with van der Waals surface area (Å²) < 4.78 is 78.7. The summed E-state index contributed by atoms with van der Waals surface area (Å²) in [6.07, 6.45) is -1.04. The Labute approximate surface area is 163 Å². The monoisotopic (exact) mass is 408 g/mol. The van der Waals surface area contributed by atoms with Gasteiger partial charge in [-0.1, -0.05) is 45.4 Å². The van der Waals surface area contributed by atoms with Gasteiger partial charge in [0.1, 0.15) is 5.75 Å². The molecule has 1 aliphatic rings. The van der Waals surface area contributed by atoms with Gasteiger partial charge >= 0.3 is 6.11 Å². The van der Waals surface area contributed by atoms with Crippen molar-refractivity contribution in [1.29, 1.82) is 0 Å². The Morgan fingerprint density at radius 2 is 1.57 bits per heavy atom. The molecule has 0 amide bonds. The van der Waals surface area contributed by atoms with E-state index < -0.39 is 41.8 Å². The Morgan fingerprint density at radius 1 is 1.00 bits per heavy atom. The van der Waals surface area contributed by atoms with Gasteiger partial charge in [-0.15, -0.1) is 0 Å². The van der Waals surface area contributed by atoms with E-state index in [9.17, 15) is 22.0 Å². The molecule has 1 saturated carbocycles. The molecule has 0 aliphatic heterocycles. The summed E-state index contributed by atoms with van der Waals surface area (Å²) in [5, 5.41) is 0. The summed E-state index contributed by atoms with van der Waals surface area (Å²) in [4.78, 5) is 0. The maximum Gasteiger partial charge on any atom is 0.397 e. The molecule has 7 heteroatoms. The third-order valence-electron chi connectivity index (χ3n) is 5.39. The maximum atomic E-state index is 14.3. The highest BCUT2D eigenvalue weighted by atomic mass is 19.3. The molecule has 0 atom stereocenters. The minimum absolute atomic E-state index is 0.0659. The molecule has 0 bridgehead atoms. The second-order valence-corrected chi connectivity index (χ2v) is 7.48. The van der Waals surface area contributed by atoms with E-state index in [0.717, 1.165) is 44.2 Å². The van der Waals surface area contributed by atoms with Crippen molar-refractivity contribution >= 4 is 0 Å². The van der Waals surface area contributed by atoms with Crippen LogP contribution in [0.4, 0.5) is 22.0 Å². The number of benzene rings is 1. The second-order valence-electron chi connectivity index (χ2n) is 7.48. The second kappa shape index (κ2) is 10.3. The molecule has 1 aliphatic carbocycles. The maximum absolute atomic E-state index is 14.3. The van der Waals surface area contributed by atoms with E-state index in [1.807, 2.05) is 0 Å². The SMILES string of the molecule is CCCC1CCC(CCC(F)(F)Oc2ccc(OCC)c(F)c2C(F)F)CC1. The van der Waals surface area contributed by atoms with Crippen molar-refractivity contribution < 1.29 is 31.4 Å². The number of hydrogen-bond donors (Lipinski definition) is 0. The van der Waals surface area contributed by atoms with Crippen molar-refractivity contribution in [3.05, 3.63) is 23.5 Å². The zero-order valence-corrected chi connectivity index (χ0v) is 16.5. The summed E-state index contributed by atoms with van der Waals surface area (Å²) >= 11 is 0. The van der Waals surface area contributed by atoms with Crippen LogP contribution in [0.15, 0.2) is 12.1 Å². The van der Waals surface area contributed by atoms with Gasteiger partial charge in [-0.05, 0) is 37.3 Å². The van der Waals surface area contributed by atoms with Crippen LogP contribution in [-0.2, 0) is 0 Å². The molecule has 0 N–H and O–H groups in total. The van der Waals surface area contributed by atoms with E-state index >= 15 is 0 Å². The lowest BCUT2D eigenvalue weighted by molar-refractivity contribution is -0.184. The van der Waals surface area contributed by atoms with Crippen LogP contribution >= 0.6 is 0 Å². The number of rotatable bonds is 10. The van der Waals surface area contributed by atoms with Gasteiger partial charge < -0.3 is 9.47 Å². The molecule has 28 heavy (non-hydrogen) atoms. The predicted octanol–water partition coefficient (Wildman–Crippen LogP) is 7.52. The minimum atomic E-state index is -3.64. The molecular formula is C21H29F5O2. The Kier molecular flexibility index (Phi) is 8.38. The summed E-state index contributed by atoms with van der Waals surface area (Å²) in [5.41, 5.74) is -1.19. The van der Waals surface area contributed by atoms with Crippen LogP contribution in [-0.4, -0.2) is 12.7 Å². The zero-order chi connectivity index (χ0) is 20.7. The smallest absolute Gasteiger partial charge is 0.397 e. The number of ether oxygens (including phenoxy) is 2. The Hall–Kier alpha value is -1.53. The van der Waals surface area contributed by atoms with Crippen LogP contribution in [0.1, 0.15) is 77.2 Å². The normalized spacial score (nSPS) is 20.4. The Bertz CT molecular complexity index is 613. The van der Waals surface area contributed by atoms with Crippen molar-refractivity contribution in [1.82, 2.24) is 0 Å². The first-order valence-corrected chi connectivity index (χ1v) is 10.1. The van der Waals surface area contributed by atoms with Crippen molar-refractivity contribution in [3.63, 3.8) is 0 Å². The molecule has 0 unspecified atom stereocenters. The molecule has 0 aromatic heterocycles. The fraction of sp³-hybridized carbons (Fsp3) is 0.714. The van der Waals surface area contributed by atoms with Crippen LogP contribution in [0.3, 0.4) is 0 Å². The number of halogens is 5. The first-order valence-electron chi connectivity index (χ1n) is 10.1. The Balaban J connectivity index is 1.99. The topological polar surface area (TPSA) is 18.5 Å². The average molecular weight is 408 g/mol. The Morgan fingerprint density at radius 3 is 2.11 bits per heavy atom. The molecule has 0 spiro atoms. The molecule has 0 saturated heterocycles. The van der Waals surface area contributed by atoms with E-state index in [4.69, 9.17) is 4.74 Å². The molecule has 160 valence electrons. The number of hydrogen-bond acceptors (Lipinski definition) is 2. The first kappa shape index (κ1) is 22.8. The first-order chi connectivity index (χ1) is 13.3.